The minimum atomic E-state index is -0.544. The zero-order valence-corrected chi connectivity index (χ0v) is 12.0. The number of hydrogen-bond acceptors (Lipinski definition) is 3. The molecule has 0 saturated carbocycles. The number of halogens is 1. The van der Waals surface area contributed by atoms with Crippen LogP contribution >= 0.6 is 0 Å². The van der Waals surface area contributed by atoms with Crippen molar-refractivity contribution in [1.29, 1.82) is 0 Å². The topological polar surface area (TPSA) is 72.3 Å². The Bertz CT molecular complexity index is 672. The Morgan fingerprint density at radius 3 is 2.52 bits per heavy atom. The van der Waals surface area contributed by atoms with Crippen LogP contribution in [0.1, 0.15) is 28.9 Å². The van der Waals surface area contributed by atoms with Crippen LogP contribution in [0.15, 0.2) is 42.5 Å². The van der Waals surface area contributed by atoms with Gasteiger partial charge in [0.2, 0.25) is 0 Å². The highest BCUT2D eigenvalue weighted by Gasteiger charge is 2.20. The molecular formula is C16H18FN3O. The molecule has 1 atom stereocenters. The Balaban J connectivity index is 2.44. The third kappa shape index (κ3) is 2.97. The molecule has 1 amide bonds. The molecule has 0 aliphatic heterocycles. The largest absolute Gasteiger partial charge is 0.399 e. The summed E-state index contributed by atoms with van der Waals surface area (Å²) in [5.74, 6) is -0.834. The summed E-state index contributed by atoms with van der Waals surface area (Å²) in [6, 6.07) is 11.1. The number of carbonyl (C=O) groups is 1. The van der Waals surface area contributed by atoms with Gasteiger partial charge in [-0.3, -0.25) is 4.79 Å². The van der Waals surface area contributed by atoms with Crippen molar-refractivity contribution in [2.24, 2.45) is 5.73 Å². The smallest absolute Gasteiger partial charge is 0.250 e. The second-order valence-electron chi connectivity index (χ2n) is 4.95. The summed E-state index contributed by atoms with van der Waals surface area (Å²) in [6.45, 7) is 1.85. The first kappa shape index (κ1) is 14.8. The van der Waals surface area contributed by atoms with E-state index in [2.05, 4.69) is 0 Å². The van der Waals surface area contributed by atoms with Gasteiger partial charge in [-0.05, 0) is 31.2 Å². The van der Waals surface area contributed by atoms with Gasteiger partial charge in [-0.25, -0.2) is 4.39 Å². The summed E-state index contributed by atoms with van der Waals surface area (Å²) in [4.78, 5) is 13.3. The summed E-state index contributed by atoms with van der Waals surface area (Å²) < 4.78 is 13.9. The van der Waals surface area contributed by atoms with E-state index >= 15 is 0 Å². The zero-order valence-electron chi connectivity index (χ0n) is 12.0. The highest BCUT2D eigenvalue weighted by Crippen LogP contribution is 2.30. The maximum atomic E-state index is 13.9. The van der Waals surface area contributed by atoms with E-state index in [-0.39, 0.29) is 11.9 Å². The molecule has 0 bridgehead atoms. The van der Waals surface area contributed by atoms with Crippen molar-refractivity contribution < 1.29 is 9.18 Å². The van der Waals surface area contributed by atoms with Gasteiger partial charge in [0.15, 0.2) is 0 Å². The molecular weight excluding hydrogens is 269 g/mol. The molecule has 0 aromatic heterocycles. The SMILES string of the molecule is CC(c1ccccc1F)N(C)c1cc(N)ccc1C(N)=O. The van der Waals surface area contributed by atoms with Crippen LogP contribution in [0.2, 0.25) is 0 Å². The van der Waals surface area contributed by atoms with E-state index in [0.717, 1.165) is 0 Å². The molecule has 5 heteroatoms. The fraction of sp³-hybridized carbons (Fsp3) is 0.188. The van der Waals surface area contributed by atoms with Gasteiger partial charge < -0.3 is 16.4 Å². The first-order chi connectivity index (χ1) is 9.91. The Morgan fingerprint density at radius 2 is 1.90 bits per heavy atom. The number of rotatable bonds is 4. The highest BCUT2D eigenvalue weighted by molar-refractivity contribution is 5.99. The van der Waals surface area contributed by atoms with Crippen LogP contribution in [0.5, 0.6) is 0 Å². The van der Waals surface area contributed by atoms with Gasteiger partial charge in [-0.15, -0.1) is 0 Å². The molecule has 0 spiro atoms. The van der Waals surface area contributed by atoms with Gasteiger partial charge in [0.25, 0.3) is 5.91 Å². The van der Waals surface area contributed by atoms with E-state index in [1.807, 2.05) is 6.92 Å². The van der Waals surface area contributed by atoms with Crippen molar-refractivity contribution in [1.82, 2.24) is 0 Å². The lowest BCUT2D eigenvalue weighted by atomic mass is 10.0. The molecule has 0 aliphatic carbocycles. The molecule has 21 heavy (non-hydrogen) atoms. The summed E-state index contributed by atoms with van der Waals surface area (Å²) in [6.07, 6.45) is 0. The zero-order chi connectivity index (χ0) is 15.6. The van der Waals surface area contributed by atoms with Crippen LogP contribution in [0.4, 0.5) is 15.8 Å². The number of nitrogen functional groups attached to an aromatic ring is 1. The van der Waals surface area contributed by atoms with Crippen LogP contribution < -0.4 is 16.4 Å². The molecule has 0 heterocycles. The van der Waals surface area contributed by atoms with E-state index in [0.29, 0.717) is 22.5 Å². The van der Waals surface area contributed by atoms with Crippen molar-refractivity contribution in [2.75, 3.05) is 17.7 Å². The molecule has 0 fully saturated rings. The normalized spacial score (nSPS) is 12.0. The van der Waals surface area contributed by atoms with Gasteiger partial charge in [-0.2, -0.15) is 0 Å². The second-order valence-corrected chi connectivity index (χ2v) is 4.95. The minimum Gasteiger partial charge on any atom is -0.399 e. The molecule has 0 radical (unpaired) electrons. The molecule has 110 valence electrons. The van der Waals surface area contributed by atoms with Crippen LogP contribution in [0.3, 0.4) is 0 Å². The Hall–Kier alpha value is -2.56. The molecule has 2 rings (SSSR count). The van der Waals surface area contributed by atoms with Crippen molar-refractivity contribution in [3.05, 3.63) is 59.4 Å². The van der Waals surface area contributed by atoms with E-state index in [1.165, 1.54) is 6.07 Å². The standard InChI is InChI=1S/C16H18FN3O/c1-10(12-5-3-4-6-14(12)17)20(2)15-9-11(18)7-8-13(15)16(19)21/h3-10H,18H2,1-2H3,(H2,19,21). The fourth-order valence-electron chi connectivity index (χ4n) is 2.28. The molecule has 0 aliphatic rings. The maximum absolute atomic E-state index is 13.9. The van der Waals surface area contributed by atoms with E-state index < -0.39 is 5.91 Å². The number of nitrogens with zero attached hydrogens (tertiary/aromatic N) is 1. The summed E-state index contributed by atoms with van der Waals surface area (Å²) >= 11 is 0. The van der Waals surface area contributed by atoms with Crippen LogP contribution in [-0.4, -0.2) is 13.0 Å². The molecule has 4 nitrogen and oxygen atoms in total. The van der Waals surface area contributed by atoms with Crippen LogP contribution in [0, 0.1) is 5.82 Å². The lowest BCUT2D eigenvalue weighted by Crippen LogP contribution is -2.26. The quantitative estimate of drug-likeness (QED) is 0.849. The van der Waals surface area contributed by atoms with Gasteiger partial charge >= 0.3 is 0 Å². The average molecular weight is 287 g/mol. The molecule has 2 aromatic carbocycles. The van der Waals surface area contributed by atoms with E-state index in [1.54, 1.807) is 48.3 Å². The number of anilines is 2. The number of primary amides is 1. The van der Waals surface area contributed by atoms with Crippen LogP contribution in [-0.2, 0) is 0 Å². The van der Waals surface area contributed by atoms with Crippen LogP contribution in [0.25, 0.3) is 0 Å². The van der Waals surface area contributed by atoms with Crippen molar-refractivity contribution in [2.45, 2.75) is 13.0 Å². The summed E-state index contributed by atoms with van der Waals surface area (Å²) in [5, 5.41) is 0. The lowest BCUT2D eigenvalue weighted by Gasteiger charge is -2.29. The van der Waals surface area contributed by atoms with Crippen molar-refractivity contribution in [3.63, 3.8) is 0 Å². The third-order valence-corrected chi connectivity index (χ3v) is 3.60. The second kappa shape index (κ2) is 5.83. The average Bonchev–Trinajstić information content (AvgIpc) is 2.45. The molecule has 0 saturated heterocycles. The molecule has 2 aromatic rings. The summed E-state index contributed by atoms with van der Waals surface area (Å²) in [7, 11) is 1.78. The number of amides is 1. The Labute approximate surface area is 123 Å². The van der Waals surface area contributed by atoms with Gasteiger partial charge in [0.1, 0.15) is 5.82 Å². The van der Waals surface area contributed by atoms with Crippen molar-refractivity contribution >= 4 is 17.3 Å². The van der Waals surface area contributed by atoms with Gasteiger partial charge in [0, 0.05) is 18.3 Å². The van der Waals surface area contributed by atoms with Crippen molar-refractivity contribution in [3.8, 4) is 0 Å². The minimum absolute atomic E-state index is 0.272. The third-order valence-electron chi connectivity index (χ3n) is 3.60. The van der Waals surface area contributed by atoms with Gasteiger partial charge in [-0.1, -0.05) is 18.2 Å². The fourth-order valence-corrected chi connectivity index (χ4v) is 2.28. The Kier molecular flexibility index (Phi) is 4.12. The monoisotopic (exact) mass is 287 g/mol. The maximum Gasteiger partial charge on any atom is 0.250 e. The van der Waals surface area contributed by atoms with E-state index in [4.69, 9.17) is 11.5 Å². The predicted octanol–water partition coefficient (Wildman–Crippen LogP) is 2.70. The first-order valence-electron chi connectivity index (χ1n) is 6.58. The molecule has 1 unspecified atom stereocenters. The number of nitrogens with two attached hydrogens (primary N) is 2. The predicted molar refractivity (Wildman–Crippen MR) is 82.6 cm³/mol. The highest BCUT2D eigenvalue weighted by atomic mass is 19.1. The first-order valence-corrected chi connectivity index (χ1v) is 6.58. The number of benzene rings is 2. The lowest BCUT2D eigenvalue weighted by molar-refractivity contribution is 0.100. The Morgan fingerprint density at radius 1 is 1.24 bits per heavy atom. The number of hydrogen-bond donors (Lipinski definition) is 2. The van der Waals surface area contributed by atoms with E-state index in [9.17, 15) is 9.18 Å². The molecule has 4 N–H and O–H groups in total. The number of carbonyl (C=O) groups excluding carboxylic acids is 1. The van der Waals surface area contributed by atoms with Gasteiger partial charge in [0.05, 0.1) is 17.3 Å². The summed E-state index contributed by atoms with van der Waals surface area (Å²) in [5.41, 5.74) is 13.2.